The molecular weight excluding hydrogens is 291 g/mol. The highest BCUT2D eigenvalue weighted by atomic mass is 19.1. The molecule has 2 rings (SSSR count). The van der Waals surface area contributed by atoms with Crippen LogP contribution in [0.25, 0.3) is 5.69 Å². The van der Waals surface area contributed by atoms with Gasteiger partial charge in [0.05, 0.1) is 18.6 Å². The van der Waals surface area contributed by atoms with Gasteiger partial charge in [-0.3, -0.25) is 4.57 Å². The average molecular weight is 306 g/mol. The van der Waals surface area contributed by atoms with Gasteiger partial charge in [0.2, 0.25) is 0 Å². The molecule has 0 saturated carbocycles. The standard InChI is InChI=1S/C15H15FN2O4/c1-10(2)22-14(19)8-21-15(20)13-7-17-9-18(13)12-5-3-11(16)4-6-12/h3-7,9-10H,8H2,1-2H3. The molecule has 22 heavy (non-hydrogen) atoms. The molecule has 0 radical (unpaired) electrons. The first-order chi connectivity index (χ1) is 10.5. The molecule has 0 unspecified atom stereocenters. The molecule has 6 nitrogen and oxygen atoms in total. The van der Waals surface area contributed by atoms with Gasteiger partial charge in [-0.2, -0.15) is 0 Å². The number of ether oxygens (including phenoxy) is 2. The predicted octanol–water partition coefficient (Wildman–Crippen LogP) is 2.12. The molecule has 0 aliphatic carbocycles. The maximum Gasteiger partial charge on any atom is 0.357 e. The molecule has 116 valence electrons. The van der Waals surface area contributed by atoms with Gasteiger partial charge in [0.25, 0.3) is 0 Å². The van der Waals surface area contributed by atoms with Gasteiger partial charge < -0.3 is 9.47 Å². The summed E-state index contributed by atoms with van der Waals surface area (Å²) in [5.41, 5.74) is 0.680. The van der Waals surface area contributed by atoms with E-state index in [2.05, 4.69) is 4.98 Å². The SMILES string of the molecule is CC(C)OC(=O)COC(=O)c1cncn1-c1ccc(F)cc1. The minimum Gasteiger partial charge on any atom is -0.460 e. The van der Waals surface area contributed by atoms with Crippen LogP contribution in [0.5, 0.6) is 0 Å². The minimum atomic E-state index is -0.720. The third-order valence-corrected chi connectivity index (χ3v) is 2.64. The second kappa shape index (κ2) is 6.84. The van der Waals surface area contributed by atoms with Gasteiger partial charge in [-0.15, -0.1) is 0 Å². The molecule has 0 spiro atoms. The average Bonchev–Trinajstić information content (AvgIpc) is 2.94. The van der Waals surface area contributed by atoms with Crippen molar-refractivity contribution in [1.82, 2.24) is 9.55 Å². The van der Waals surface area contributed by atoms with Crippen LogP contribution >= 0.6 is 0 Å². The first kappa shape index (κ1) is 15.7. The summed E-state index contributed by atoms with van der Waals surface area (Å²) in [5.74, 6) is -1.73. The summed E-state index contributed by atoms with van der Waals surface area (Å²) in [5, 5.41) is 0. The van der Waals surface area contributed by atoms with E-state index in [1.54, 1.807) is 13.8 Å². The predicted molar refractivity (Wildman–Crippen MR) is 75.0 cm³/mol. The van der Waals surface area contributed by atoms with Crippen LogP contribution in [0.3, 0.4) is 0 Å². The van der Waals surface area contributed by atoms with Crippen LogP contribution < -0.4 is 0 Å². The maximum atomic E-state index is 12.9. The van der Waals surface area contributed by atoms with Crippen molar-refractivity contribution in [2.24, 2.45) is 0 Å². The third kappa shape index (κ3) is 3.91. The number of halogens is 1. The van der Waals surface area contributed by atoms with E-state index in [9.17, 15) is 14.0 Å². The Bertz CT molecular complexity index is 664. The molecule has 0 bridgehead atoms. The number of aromatic nitrogens is 2. The molecule has 0 amide bonds. The molecule has 7 heteroatoms. The van der Waals surface area contributed by atoms with Gasteiger partial charge in [0.1, 0.15) is 5.82 Å². The van der Waals surface area contributed by atoms with E-state index in [0.717, 1.165) is 0 Å². The summed E-state index contributed by atoms with van der Waals surface area (Å²) in [6.45, 7) is 2.91. The maximum absolute atomic E-state index is 12.9. The molecule has 1 aromatic heterocycles. The lowest BCUT2D eigenvalue weighted by atomic mass is 10.3. The van der Waals surface area contributed by atoms with Crippen LogP contribution in [0.15, 0.2) is 36.8 Å². The number of hydrogen-bond donors (Lipinski definition) is 0. The fraction of sp³-hybridized carbons (Fsp3) is 0.267. The Morgan fingerprint density at radius 1 is 1.27 bits per heavy atom. The monoisotopic (exact) mass is 306 g/mol. The number of benzene rings is 1. The first-order valence-electron chi connectivity index (χ1n) is 6.62. The zero-order chi connectivity index (χ0) is 16.1. The number of rotatable bonds is 5. The Morgan fingerprint density at radius 2 is 1.95 bits per heavy atom. The highest BCUT2D eigenvalue weighted by Crippen LogP contribution is 2.13. The van der Waals surface area contributed by atoms with E-state index >= 15 is 0 Å². The van der Waals surface area contributed by atoms with Crippen molar-refractivity contribution in [3.63, 3.8) is 0 Å². The van der Waals surface area contributed by atoms with Crippen molar-refractivity contribution in [2.75, 3.05) is 6.61 Å². The van der Waals surface area contributed by atoms with Gasteiger partial charge in [0.15, 0.2) is 12.3 Å². The number of carbonyl (C=O) groups is 2. The molecule has 0 atom stereocenters. The number of imidazole rings is 1. The van der Waals surface area contributed by atoms with Crippen molar-refractivity contribution in [1.29, 1.82) is 0 Å². The van der Waals surface area contributed by atoms with Crippen molar-refractivity contribution in [3.8, 4) is 5.69 Å². The summed E-state index contributed by atoms with van der Waals surface area (Å²) in [4.78, 5) is 27.2. The molecule has 0 N–H and O–H groups in total. The van der Waals surface area contributed by atoms with Gasteiger partial charge in [-0.25, -0.2) is 19.0 Å². The second-order valence-corrected chi connectivity index (χ2v) is 4.74. The molecule has 2 aromatic rings. The van der Waals surface area contributed by atoms with E-state index in [4.69, 9.17) is 9.47 Å². The Balaban J connectivity index is 2.07. The Morgan fingerprint density at radius 3 is 2.59 bits per heavy atom. The van der Waals surface area contributed by atoms with Crippen LogP contribution in [-0.2, 0) is 14.3 Å². The molecule has 0 saturated heterocycles. The van der Waals surface area contributed by atoms with Gasteiger partial charge in [-0.05, 0) is 38.1 Å². The third-order valence-electron chi connectivity index (χ3n) is 2.64. The lowest BCUT2D eigenvalue weighted by Gasteiger charge is -2.10. The first-order valence-corrected chi connectivity index (χ1v) is 6.62. The number of hydrogen-bond acceptors (Lipinski definition) is 5. The van der Waals surface area contributed by atoms with Crippen LogP contribution in [0.1, 0.15) is 24.3 Å². The summed E-state index contributed by atoms with van der Waals surface area (Å²) in [6.07, 6.45) is 2.42. The molecule has 0 aliphatic heterocycles. The largest absolute Gasteiger partial charge is 0.460 e. The quantitative estimate of drug-likeness (QED) is 0.791. The van der Waals surface area contributed by atoms with Gasteiger partial charge in [-0.1, -0.05) is 0 Å². The fourth-order valence-corrected chi connectivity index (χ4v) is 1.75. The Hall–Kier alpha value is -2.70. The van der Waals surface area contributed by atoms with Crippen LogP contribution in [-0.4, -0.2) is 34.2 Å². The summed E-state index contributed by atoms with van der Waals surface area (Å²) >= 11 is 0. The topological polar surface area (TPSA) is 70.4 Å². The highest BCUT2D eigenvalue weighted by molar-refractivity contribution is 5.89. The van der Waals surface area contributed by atoms with E-state index in [0.29, 0.717) is 5.69 Å². The molecule has 1 aromatic carbocycles. The van der Waals surface area contributed by atoms with E-state index in [1.165, 1.54) is 41.4 Å². The van der Waals surface area contributed by atoms with E-state index in [1.807, 2.05) is 0 Å². The van der Waals surface area contributed by atoms with Gasteiger partial charge >= 0.3 is 11.9 Å². The smallest absolute Gasteiger partial charge is 0.357 e. The van der Waals surface area contributed by atoms with Gasteiger partial charge in [0, 0.05) is 5.69 Å². The van der Waals surface area contributed by atoms with Crippen LogP contribution in [0.4, 0.5) is 4.39 Å². The van der Waals surface area contributed by atoms with Crippen LogP contribution in [0, 0.1) is 5.82 Å². The normalized spacial score (nSPS) is 10.5. The van der Waals surface area contributed by atoms with Crippen molar-refractivity contribution >= 4 is 11.9 Å². The molecule has 0 fully saturated rings. The molecule has 0 aliphatic rings. The number of nitrogens with zero attached hydrogens (tertiary/aromatic N) is 2. The Labute approximate surface area is 126 Å². The molecular formula is C15H15FN2O4. The number of carbonyl (C=O) groups excluding carboxylic acids is 2. The Kier molecular flexibility index (Phi) is 4.88. The lowest BCUT2D eigenvalue weighted by molar-refractivity contribution is -0.151. The number of esters is 2. The fourth-order valence-electron chi connectivity index (χ4n) is 1.75. The second-order valence-electron chi connectivity index (χ2n) is 4.74. The highest BCUT2D eigenvalue weighted by Gasteiger charge is 2.17. The summed E-state index contributed by atoms with van der Waals surface area (Å²) in [6, 6.07) is 5.54. The van der Waals surface area contributed by atoms with Crippen molar-refractivity contribution in [3.05, 3.63) is 48.3 Å². The zero-order valence-electron chi connectivity index (χ0n) is 12.2. The van der Waals surface area contributed by atoms with Crippen LogP contribution in [0.2, 0.25) is 0 Å². The zero-order valence-corrected chi connectivity index (χ0v) is 12.2. The molecule has 1 heterocycles. The summed E-state index contributed by atoms with van der Waals surface area (Å²) < 4.78 is 24.1. The van der Waals surface area contributed by atoms with Crippen molar-refractivity contribution < 1.29 is 23.5 Å². The van der Waals surface area contributed by atoms with Crippen molar-refractivity contribution in [2.45, 2.75) is 20.0 Å². The lowest BCUT2D eigenvalue weighted by Crippen LogP contribution is -2.20. The minimum absolute atomic E-state index is 0.129. The van der Waals surface area contributed by atoms with E-state index in [-0.39, 0.29) is 17.6 Å². The van der Waals surface area contributed by atoms with E-state index < -0.39 is 18.5 Å². The summed E-state index contributed by atoms with van der Waals surface area (Å²) in [7, 11) is 0.